The summed E-state index contributed by atoms with van der Waals surface area (Å²) in [6.45, 7) is 3.28. The molecule has 6 atom stereocenters. The fraction of sp³-hybridized carbons (Fsp3) is 0.591. The number of rotatable bonds is 7. The van der Waals surface area contributed by atoms with Gasteiger partial charge in [0.1, 0.15) is 17.4 Å². The zero-order chi connectivity index (χ0) is 22.3. The summed E-state index contributed by atoms with van der Waals surface area (Å²) in [6, 6.07) is 5.29. The molecule has 3 aliphatic heterocycles. The van der Waals surface area contributed by atoms with Crippen molar-refractivity contribution < 1.29 is 33.7 Å². The molecule has 3 saturated heterocycles. The summed E-state index contributed by atoms with van der Waals surface area (Å²) in [7, 11) is 1.55. The van der Waals surface area contributed by atoms with E-state index in [0.717, 1.165) is 0 Å². The minimum Gasteiger partial charge on any atom is -0.497 e. The van der Waals surface area contributed by atoms with Crippen molar-refractivity contribution in [2.75, 3.05) is 25.6 Å². The van der Waals surface area contributed by atoms with Crippen molar-refractivity contribution in [3.63, 3.8) is 0 Å². The highest BCUT2D eigenvalue weighted by atomic mass is 16.6. The Morgan fingerprint density at radius 1 is 1.35 bits per heavy atom. The van der Waals surface area contributed by atoms with E-state index in [1.165, 1.54) is 4.90 Å². The predicted molar refractivity (Wildman–Crippen MR) is 109 cm³/mol. The topological polar surface area (TPSA) is 114 Å². The van der Waals surface area contributed by atoms with E-state index < -0.39 is 47.5 Å². The van der Waals surface area contributed by atoms with Gasteiger partial charge in [-0.3, -0.25) is 14.4 Å². The third-order valence-electron chi connectivity index (χ3n) is 6.64. The lowest BCUT2D eigenvalue weighted by Gasteiger charge is -2.35. The number of methoxy groups -OCH3 is 1. The summed E-state index contributed by atoms with van der Waals surface area (Å²) in [4.78, 5) is 41.0. The lowest BCUT2D eigenvalue weighted by molar-refractivity contribution is -0.155. The van der Waals surface area contributed by atoms with E-state index in [1.54, 1.807) is 45.2 Å². The first kappa shape index (κ1) is 21.6. The van der Waals surface area contributed by atoms with Crippen molar-refractivity contribution >= 4 is 23.5 Å². The molecule has 0 aromatic heterocycles. The number of nitrogens with one attached hydrogen (secondary N) is 1. The van der Waals surface area contributed by atoms with Crippen LogP contribution in [0.5, 0.6) is 5.75 Å². The first-order chi connectivity index (χ1) is 14.9. The molecule has 4 rings (SSSR count). The quantitative estimate of drug-likeness (QED) is 0.617. The SMILES string of the molecule is CCOC(=O)[C@@H]1[C@H]2C(=O)N([C@H](C)CO)[C@H](C(=O)Nc3ccc(OC)cc3)[C@]23CC[C@H]1O3. The number of ether oxygens (including phenoxy) is 3. The summed E-state index contributed by atoms with van der Waals surface area (Å²) >= 11 is 0. The Balaban J connectivity index is 1.68. The Morgan fingerprint density at radius 3 is 2.68 bits per heavy atom. The zero-order valence-corrected chi connectivity index (χ0v) is 17.9. The number of amides is 2. The molecule has 3 aliphatic rings. The van der Waals surface area contributed by atoms with Crippen molar-refractivity contribution in [3.8, 4) is 5.75 Å². The molecular formula is C22H28N2O7. The number of aliphatic hydroxyl groups is 1. The van der Waals surface area contributed by atoms with Gasteiger partial charge in [0.15, 0.2) is 0 Å². The second-order valence-corrected chi connectivity index (χ2v) is 8.30. The summed E-state index contributed by atoms with van der Waals surface area (Å²) in [5.74, 6) is -2.12. The lowest BCUT2D eigenvalue weighted by atomic mass is 9.71. The van der Waals surface area contributed by atoms with Crippen molar-refractivity contribution in [2.45, 2.75) is 50.5 Å². The Hall–Kier alpha value is -2.65. The molecule has 31 heavy (non-hydrogen) atoms. The van der Waals surface area contributed by atoms with Crippen LogP contribution in [0.1, 0.15) is 26.7 Å². The maximum atomic E-state index is 13.5. The van der Waals surface area contributed by atoms with E-state index in [-0.39, 0.29) is 19.1 Å². The monoisotopic (exact) mass is 432 g/mol. The third kappa shape index (κ3) is 3.27. The average Bonchev–Trinajstić information content (AvgIpc) is 3.41. The lowest BCUT2D eigenvalue weighted by Crippen LogP contribution is -2.55. The third-order valence-corrected chi connectivity index (χ3v) is 6.64. The van der Waals surface area contributed by atoms with Gasteiger partial charge in [-0.1, -0.05) is 0 Å². The number of esters is 1. The molecule has 1 spiro atoms. The number of likely N-dealkylation sites (tertiary alicyclic amines) is 1. The highest BCUT2D eigenvalue weighted by Crippen LogP contribution is 2.59. The van der Waals surface area contributed by atoms with Crippen LogP contribution in [0.4, 0.5) is 5.69 Å². The van der Waals surface area contributed by atoms with Gasteiger partial charge in [-0.15, -0.1) is 0 Å². The maximum absolute atomic E-state index is 13.5. The summed E-state index contributed by atoms with van der Waals surface area (Å²) < 4.78 is 16.6. The van der Waals surface area contributed by atoms with E-state index in [9.17, 15) is 19.5 Å². The molecule has 0 aliphatic carbocycles. The average molecular weight is 432 g/mol. The van der Waals surface area contributed by atoms with Gasteiger partial charge < -0.3 is 29.5 Å². The van der Waals surface area contributed by atoms with E-state index in [1.807, 2.05) is 0 Å². The van der Waals surface area contributed by atoms with Crippen LogP contribution >= 0.6 is 0 Å². The fourth-order valence-corrected chi connectivity index (χ4v) is 5.34. The van der Waals surface area contributed by atoms with Gasteiger partial charge in [0.2, 0.25) is 11.8 Å². The first-order valence-corrected chi connectivity index (χ1v) is 10.6. The summed E-state index contributed by atoms with van der Waals surface area (Å²) in [5, 5.41) is 12.6. The van der Waals surface area contributed by atoms with Crippen molar-refractivity contribution in [1.82, 2.24) is 4.90 Å². The number of nitrogens with zero attached hydrogens (tertiary/aromatic N) is 1. The van der Waals surface area contributed by atoms with Gasteiger partial charge in [0.05, 0.1) is 44.3 Å². The van der Waals surface area contributed by atoms with E-state index >= 15 is 0 Å². The Labute approximate surface area is 180 Å². The number of benzene rings is 1. The molecule has 0 unspecified atom stereocenters. The van der Waals surface area contributed by atoms with E-state index in [2.05, 4.69) is 5.32 Å². The minimum absolute atomic E-state index is 0.202. The number of aliphatic hydroxyl groups excluding tert-OH is 1. The number of hydrogen-bond acceptors (Lipinski definition) is 7. The molecular weight excluding hydrogens is 404 g/mol. The normalized spacial score (nSPS) is 32.0. The molecule has 3 fully saturated rings. The molecule has 9 heteroatoms. The van der Waals surface area contributed by atoms with Gasteiger partial charge in [0, 0.05) is 5.69 Å². The minimum atomic E-state index is -1.11. The number of anilines is 1. The summed E-state index contributed by atoms with van der Waals surface area (Å²) in [5.41, 5.74) is -0.566. The van der Waals surface area contributed by atoms with E-state index in [4.69, 9.17) is 14.2 Å². The molecule has 1 aromatic rings. The number of carbonyl (C=O) groups excluding carboxylic acids is 3. The zero-order valence-electron chi connectivity index (χ0n) is 17.9. The molecule has 9 nitrogen and oxygen atoms in total. The van der Waals surface area contributed by atoms with Crippen molar-refractivity contribution in [2.24, 2.45) is 11.8 Å². The first-order valence-electron chi connectivity index (χ1n) is 10.6. The highest BCUT2D eigenvalue weighted by molar-refractivity contribution is 6.03. The van der Waals surface area contributed by atoms with Crippen LogP contribution in [0.3, 0.4) is 0 Å². The molecule has 168 valence electrons. The molecule has 0 radical (unpaired) electrons. The second-order valence-electron chi connectivity index (χ2n) is 8.30. The smallest absolute Gasteiger partial charge is 0.312 e. The van der Waals surface area contributed by atoms with Crippen molar-refractivity contribution in [3.05, 3.63) is 24.3 Å². The van der Waals surface area contributed by atoms with Crippen LogP contribution in [0.25, 0.3) is 0 Å². The molecule has 0 saturated carbocycles. The molecule has 2 amide bonds. The fourth-order valence-electron chi connectivity index (χ4n) is 5.34. The standard InChI is InChI=1S/C22H28N2O7/c1-4-30-21(28)16-15-9-10-22(31-15)17(16)20(27)24(12(2)11-25)18(22)19(26)23-13-5-7-14(29-3)8-6-13/h5-8,12,15-18,25H,4,9-11H2,1-3H3,(H,23,26)/t12-,15-,16+,17+,18-,22+/m1/s1. The van der Waals surface area contributed by atoms with Crippen LogP contribution in [0, 0.1) is 11.8 Å². The van der Waals surface area contributed by atoms with Gasteiger partial charge in [-0.25, -0.2) is 0 Å². The van der Waals surface area contributed by atoms with Crippen LogP contribution in [0.15, 0.2) is 24.3 Å². The number of fused-ring (bicyclic) bond motifs is 1. The molecule has 3 heterocycles. The van der Waals surface area contributed by atoms with Crippen LogP contribution in [-0.2, 0) is 23.9 Å². The highest BCUT2D eigenvalue weighted by Gasteiger charge is 2.75. The van der Waals surface area contributed by atoms with Crippen LogP contribution in [0.2, 0.25) is 0 Å². The van der Waals surface area contributed by atoms with Crippen LogP contribution in [-0.4, -0.2) is 71.9 Å². The number of carbonyl (C=O) groups is 3. The summed E-state index contributed by atoms with van der Waals surface area (Å²) in [6.07, 6.45) is 0.608. The second kappa shape index (κ2) is 8.12. The van der Waals surface area contributed by atoms with Gasteiger partial charge in [-0.2, -0.15) is 0 Å². The largest absolute Gasteiger partial charge is 0.497 e. The van der Waals surface area contributed by atoms with Gasteiger partial charge in [-0.05, 0) is 51.0 Å². The van der Waals surface area contributed by atoms with Crippen molar-refractivity contribution in [1.29, 1.82) is 0 Å². The number of hydrogen-bond donors (Lipinski definition) is 2. The maximum Gasteiger partial charge on any atom is 0.312 e. The predicted octanol–water partition coefficient (Wildman–Crippen LogP) is 0.952. The Bertz CT molecular complexity index is 873. The molecule has 1 aromatic carbocycles. The van der Waals surface area contributed by atoms with Crippen LogP contribution < -0.4 is 10.1 Å². The molecule has 2 bridgehead atoms. The Morgan fingerprint density at radius 2 is 2.06 bits per heavy atom. The van der Waals surface area contributed by atoms with Gasteiger partial charge in [0.25, 0.3) is 0 Å². The van der Waals surface area contributed by atoms with Gasteiger partial charge >= 0.3 is 5.97 Å². The van der Waals surface area contributed by atoms with E-state index in [0.29, 0.717) is 24.3 Å². The molecule has 2 N–H and O–H groups in total. The Kier molecular flexibility index (Phi) is 5.65.